The standard InChI is InChI=1S/C21H21N2/c1-14-10-11-15-16-8-7-12-22-20(16)21(2,3)19(15)18(14)17-9-5-6-13-23(17)4/h5-13H,1-4H3/q+1. The lowest BCUT2D eigenvalue weighted by Crippen LogP contribution is -2.31. The predicted molar refractivity (Wildman–Crippen MR) is 93.2 cm³/mol. The van der Waals surface area contributed by atoms with Crippen molar-refractivity contribution in [3.63, 3.8) is 0 Å². The Labute approximate surface area is 137 Å². The van der Waals surface area contributed by atoms with E-state index in [0.29, 0.717) is 0 Å². The Hall–Kier alpha value is -2.48. The van der Waals surface area contributed by atoms with Crippen molar-refractivity contribution in [2.45, 2.75) is 26.2 Å². The molecular formula is C21H21N2+. The largest absolute Gasteiger partial charge is 0.260 e. The van der Waals surface area contributed by atoms with Crippen LogP contribution < -0.4 is 4.57 Å². The van der Waals surface area contributed by atoms with Crippen molar-refractivity contribution in [1.82, 2.24) is 4.98 Å². The van der Waals surface area contributed by atoms with Crippen molar-refractivity contribution >= 4 is 0 Å². The maximum atomic E-state index is 4.71. The van der Waals surface area contributed by atoms with Gasteiger partial charge in [-0.1, -0.05) is 32.0 Å². The van der Waals surface area contributed by atoms with Crippen LogP contribution in [-0.2, 0) is 12.5 Å². The third-order valence-corrected chi connectivity index (χ3v) is 5.04. The fourth-order valence-corrected chi connectivity index (χ4v) is 3.93. The molecule has 2 heterocycles. The summed E-state index contributed by atoms with van der Waals surface area (Å²) in [5.41, 5.74) is 8.99. The molecule has 0 fully saturated rings. The number of fused-ring (bicyclic) bond motifs is 3. The molecule has 0 atom stereocenters. The molecule has 0 saturated heterocycles. The molecule has 0 amide bonds. The summed E-state index contributed by atoms with van der Waals surface area (Å²) in [5.74, 6) is 0. The van der Waals surface area contributed by atoms with E-state index >= 15 is 0 Å². The van der Waals surface area contributed by atoms with Crippen LogP contribution in [0.4, 0.5) is 0 Å². The molecule has 114 valence electrons. The van der Waals surface area contributed by atoms with Crippen molar-refractivity contribution in [2.75, 3.05) is 0 Å². The van der Waals surface area contributed by atoms with E-state index in [2.05, 4.69) is 75.0 Å². The van der Waals surface area contributed by atoms with E-state index in [1.54, 1.807) is 0 Å². The fraction of sp³-hybridized carbons (Fsp3) is 0.238. The van der Waals surface area contributed by atoms with Gasteiger partial charge in [-0.2, -0.15) is 0 Å². The number of rotatable bonds is 1. The molecule has 0 saturated carbocycles. The van der Waals surface area contributed by atoms with Crippen molar-refractivity contribution in [1.29, 1.82) is 0 Å². The second kappa shape index (κ2) is 4.76. The molecule has 0 radical (unpaired) electrons. The van der Waals surface area contributed by atoms with Crippen molar-refractivity contribution in [2.24, 2.45) is 7.05 Å². The highest BCUT2D eigenvalue weighted by Crippen LogP contribution is 2.51. The second-order valence-electron chi connectivity index (χ2n) is 6.90. The van der Waals surface area contributed by atoms with E-state index in [0.717, 1.165) is 0 Å². The molecule has 2 heteroatoms. The minimum absolute atomic E-state index is 0.0872. The first kappa shape index (κ1) is 14.1. The molecule has 2 aromatic heterocycles. The minimum Gasteiger partial charge on any atom is -0.260 e. The first-order valence-electron chi connectivity index (χ1n) is 8.07. The first-order chi connectivity index (χ1) is 11.0. The summed E-state index contributed by atoms with van der Waals surface area (Å²) < 4.78 is 2.20. The van der Waals surface area contributed by atoms with Crippen LogP contribution in [0.3, 0.4) is 0 Å². The first-order valence-corrected chi connectivity index (χ1v) is 8.07. The number of benzene rings is 1. The van der Waals surface area contributed by atoms with E-state index in [1.807, 2.05) is 12.3 Å². The second-order valence-corrected chi connectivity index (χ2v) is 6.90. The molecular weight excluding hydrogens is 280 g/mol. The van der Waals surface area contributed by atoms with Crippen molar-refractivity contribution < 1.29 is 4.57 Å². The van der Waals surface area contributed by atoms with E-state index in [9.17, 15) is 0 Å². The molecule has 0 N–H and O–H groups in total. The summed E-state index contributed by atoms with van der Waals surface area (Å²) in [5, 5.41) is 0. The Balaban J connectivity index is 2.12. The molecule has 0 bridgehead atoms. The zero-order chi connectivity index (χ0) is 16.2. The van der Waals surface area contributed by atoms with E-state index in [4.69, 9.17) is 4.98 Å². The van der Waals surface area contributed by atoms with Gasteiger partial charge in [0.1, 0.15) is 7.05 Å². The lowest BCUT2D eigenvalue weighted by Gasteiger charge is -2.23. The summed E-state index contributed by atoms with van der Waals surface area (Å²) >= 11 is 0. The number of nitrogens with zero attached hydrogens (tertiary/aromatic N) is 2. The lowest BCUT2D eigenvalue weighted by atomic mass is 9.80. The molecule has 0 unspecified atom stereocenters. The van der Waals surface area contributed by atoms with Gasteiger partial charge >= 0.3 is 0 Å². The van der Waals surface area contributed by atoms with Gasteiger partial charge in [0.05, 0.1) is 11.3 Å². The van der Waals surface area contributed by atoms with Crippen LogP contribution in [0.15, 0.2) is 54.9 Å². The van der Waals surface area contributed by atoms with Gasteiger partial charge in [-0.15, -0.1) is 0 Å². The number of aryl methyl sites for hydroxylation is 2. The normalized spacial score (nSPS) is 14.4. The molecule has 23 heavy (non-hydrogen) atoms. The van der Waals surface area contributed by atoms with Gasteiger partial charge < -0.3 is 0 Å². The predicted octanol–water partition coefficient (Wildman–Crippen LogP) is 4.19. The Kier molecular flexibility index (Phi) is 2.92. The average Bonchev–Trinajstić information content (AvgIpc) is 2.77. The SMILES string of the molecule is Cc1ccc2c(c1-c1cccc[n+]1C)C(C)(C)c1ncccc1-2. The number of hydrogen-bond donors (Lipinski definition) is 0. The van der Waals surface area contributed by atoms with Crippen LogP contribution in [0, 0.1) is 6.92 Å². The highest BCUT2D eigenvalue weighted by molar-refractivity contribution is 5.87. The maximum Gasteiger partial charge on any atom is 0.212 e. The fourth-order valence-electron chi connectivity index (χ4n) is 3.93. The van der Waals surface area contributed by atoms with Gasteiger partial charge in [-0.25, -0.2) is 4.57 Å². The van der Waals surface area contributed by atoms with Gasteiger partial charge in [-0.3, -0.25) is 4.98 Å². The zero-order valence-electron chi connectivity index (χ0n) is 14.1. The third-order valence-electron chi connectivity index (χ3n) is 5.04. The highest BCUT2D eigenvalue weighted by atomic mass is 14.9. The van der Waals surface area contributed by atoms with E-state index in [1.165, 1.54) is 39.2 Å². The van der Waals surface area contributed by atoms with E-state index < -0.39 is 0 Å². The molecule has 0 aliphatic heterocycles. The van der Waals surface area contributed by atoms with Crippen LogP contribution in [0.5, 0.6) is 0 Å². The van der Waals surface area contributed by atoms with Gasteiger partial charge in [0.2, 0.25) is 5.69 Å². The van der Waals surface area contributed by atoms with Crippen LogP contribution >= 0.6 is 0 Å². The Morgan fingerprint density at radius 3 is 2.57 bits per heavy atom. The number of hydrogen-bond acceptors (Lipinski definition) is 1. The number of aromatic nitrogens is 2. The quantitative estimate of drug-likeness (QED) is 0.616. The van der Waals surface area contributed by atoms with Crippen LogP contribution in [0.2, 0.25) is 0 Å². The Bertz CT molecular complexity index is 923. The number of pyridine rings is 2. The Morgan fingerprint density at radius 1 is 0.957 bits per heavy atom. The maximum absolute atomic E-state index is 4.71. The van der Waals surface area contributed by atoms with Gasteiger partial charge in [0.25, 0.3) is 0 Å². The summed E-state index contributed by atoms with van der Waals surface area (Å²) in [6.45, 7) is 6.78. The van der Waals surface area contributed by atoms with Gasteiger partial charge in [-0.05, 0) is 35.7 Å². The highest BCUT2D eigenvalue weighted by Gasteiger charge is 2.40. The summed E-state index contributed by atoms with van der Waals surface area (Å²) in [6, 6.07) is 15.1. The smallest absolute Gasteiger partial charge is 0.212 e. The summed E-state index contributed by atoms with van der Waals surface area (Å²) in [4.78, 5) is 4.71. The molecule has 3 aromatic rings. The topological polar surface area (TPSA) is 16.8 Å². The van der Waals surface area contributed by atoms with Gasteiger partial charge in [0, 0.05) is 29.3 Å². The van der Waals surface area contributed by atoms with Crippen LogP contribution in [-0.4, -0.2) is 4.98 Å². The molecule has 1 aliphatic carbocycles. The zero-order valence-corrected chi connectivity index (χ0v) is 14.1. The molecule has 1 aromatic carbocycles. The van der Waals surface area contributed by atoms with Crippen LogP contribution in [0.25, 0.3) is 22.4 Å². The summed E-state index contributed by atoms with van der Waals surface area (Å²) in [6.07, 6.45) is 4.02. The average molecular weight is 301 g/mol. The van der Waals surface area contributed by atoms with Gasteiger partial charge in [0.15, 0.2) is 6.20 Å². The van der Waals surface area contributed by atoms with Crippen molar-refractivity contribution in [3.05, 3.63) is 71.7 Å². The molecule has 1 aliphatic rings. The minimum atomic E-state index is -0.0872. The lowest BCUT2D eigenvalue weighted by molar-refractivity contribution is -0.660. The van der Waals surface area contributed by atoms with E-state index in [-0.39, 0.29) is 5.41 Å². The Morgan fingerprint density at radius 2 is 1.78 bits per heavy atom. The molecule has 4 rings (SSSR count). The monoisotopic (exact) mass is 301 g/mol. The van der Waals surface area contributed by atoms with Crippen molar-refractivity contribution in [3.8, 4) is 22.4 Å². The third kappa shape index (κ3) is 1.88. The van der Waals surface area contributed by atoms with Crippen LogP contribution in [0.1, 0.15) is 30.7 Å². The molecule has 2 nitrogen and oxygen atoms in total. The molecule has 0 spiro atoms. The summed E-state index contributed by atoms with van der Waals surface area (Å²) in [7, 11) is 2.11.